The molecule has 0 unspecified atom stereocenters. The summed E-state index contributed by atoms with van der Waals surface area (Å²) in [4.78, 5) is 18.3. The van der Waals surface area contributed by atoms with Crippen molar-refractivity contribution in [2.45, 2.75) is 110 Å². The molecule has 1 N–H and O–H groups in total. The SMILES string of the molecule is CC(C)(C)OC(=O)N1[C@@H]([C@H](O[Si](C)(C)C(C)(C)C)[C@H](CN=[N+]=N)C2CC2)COC1(C)C. The van der Waals surface area contributed by atoms with E-state index in [0.717, 1.165) is 12.8 Å². The van der Waals surface area contributed by atoms with Crippen molar-refractivity contribution in [1.82, 2.24) is 9.81 Å². The zero-order valence-corrected chi connectivity index (χ0v) is 22.1. The Hall–Kier alpha value is -1.28. The van der Waals surface area contributed by atoms with Gasteiger partial charge in [0.25, 0.3) is 0 Å². The average molecular weight is 456 g/mol. The number of hydrogen-bond donors (Lipinski definition) is 1. The van der Waals surface area contributed by atoms with E-state index in [1.54, 1.807) is 4.90 Å². The van der Waals surface area contributed by atoms with Crippen molar-refractivity contribution in [2.24, 2.45) is 17.0 Å². The molecule has 1 saturated heterocycles. The highest BCUT2D eigenvalue weighted by atomic mass is 28.4. The summed E-state index contributed by atoms with van der Waals surface area (Å²) in [6, 6.07) is -0.287. The summed E-state index contributed by atoms with van der Waals surface area (Å²) in [5.74, 6) is 0.542. The Morgan fingerprint density at radius 3 is 2.29 bits per heavy atom. The topological polar surface area (TPSA) is 98.3 Å². The van der Waals surface area contributed by atoms with E-state index < -0.39 is 19.6 Å². The van der Waals surface area contributed by atoms with Gasteiger partial charge >= 0.3 is 6.09 Å². The smallest absolute Gasteiger partial charge is 0.412 e. The highest BCUT2D eigenvalue weighted by Gasteiger charge is 2.55. The first-order valence-electron chi connectivity index (χ1n) is 11.4. The Bertz CT molecular complexity index is 703. The van der Waals surface area contributed by atoms with Crippen molar-refractivity contribution in [1.29, 1.82) is 5.53 Å². The molecule has 0 radical (unpaired) electrons. The lowest BCUT2D eigenvalue weighted by molar-refractivity contribution is -0.0700. The van der Waals surface area contributed by atoms with E-state index in [4.69, 9.17) is 19.4 Å². The maximum Gasteiger partial charge on any atom is 0.412 e. The Labute approximate surface area is 188 Å². The van der Waals surface area contributed by atoms with Crippen LogP contribution in [0.4, 0.5) is 4.79 Å². The van der Waals surface area contributed by atoms with Crippen LogP contribution in [-0.2, 0) is 13.9 Å². The molecule has 1 aliphatic heterocycles. The first-order chi connectivity index (χ1) is 14.0. The van der Waals surface area contributed by atoms with Crippen LogP contribution in [0.3, 0.4) is 0 Å². The summed E-state index contributed by atoms with van der Waals surface area (Å²) >= 11 is 0. The molecule has 0 aromatic rings. The van der Waals surface area contributed by atoms with Gasteiger partial charge in [0.05, 0.1) is 18.8 Å². The fourth-order valence-electron chi connectivity index (χ4n) is 3.89. The van der Waals surface area contributed by atoms with Gasteiger partial charge in [0.2, 0.25) is 4.91 Å². The van der Waals surface area contributed by atoms with Crippen LogP contribution in [0.5, 0.6) is 0 Å². The van der Waals surface area contributed by atoms with Crippen LogP contribution in [0, 0.1) is 17.4 Å². The summed E-state index contributed by atoms with van der Waals surface area (Å²) in [5, 5.41) is 4.05. The minimum Gasteiger partial charge on any atom is -0.444 e. The molecule has 1 heterocycles. The molecule has 3 atom stereocenters. The van der Waals surface area contributed by atoms with Gasteiger partial charge in [-0.05, 0) is 71.5 Å². The normalized spacial score (nSPS) is 23.8. The van der Waals surface area contributed by atoms with E-state index in [1.807, 2.05) is 34.6 Å². The number of ether oxygens (including phenoxy) is 2. The van der Waals surface area contributed by atoms with E-state index in [2.05, 4.69) is 43.9 Å². The van der Waals surface area contributed by atoms with Gasteiger partial charge in [-0.1, -0.05) is 20.8 Å². The molecule has 2 aliphatic rings. The van der Waals surface area contributed by atoms with Crippen molar-refractivity contribution in [3.05, 3.63) is 0 Å². The summed E-state index contributed by atoms with van der Waals surface area (Å²) in [6.45, 7) is 21.3. The minimum absolute atomic E-state index is 0.0159. The molecule has 0 aromatic carbocycles. The number of nitrogens with zero attached hydrogens (tertiary/aromatic N) is 3. The minimum atomic E-state index is -2.17. The number of rotatable bonds is 7. The molecular weight excluding hydrogens is 412 g/mol. The van der Waals surface area contributed by atoms with Gasteiger partial charge in [0.15, 0.2) is 8.32 Å². The van der Waals surface area contributed by atoms with Crippen molar-refractivity contribution in [3.8, 4) is 0 Å². The van der Waals surface area contributed by atoms with Crippen LogP contribution in [0.25, 0.3) is 0 Å². The first kappa shape index (κ1) is 26.0. The van der Waals surface area contributed by atoms with Crippen LogP contribution in [0.1, 0.15) is 68.2 Å². The number of carbonyl (C=O) groups is 1. The molecule has 0 aromatic heterocycles. The second kappa shape index (κ2) is 8.93. The van der Waals surface area contributed by atoms with Gasteiger partial charge in [0, 0.05) is 5.92 Å². The second-order valence-corrected chi connectivity index (χ2v) is 16.7. The predicted octanol–water partition coefficient (Wildman–Crippen LogP) is 5.33. The Balaban J connectivity index is 2.47. The average Bonchev–Trinajstić information content (AvgIpc) is 3.34. The Kier molecular flexibility index (Phi) is 7.48. The Morgan fingerprint density at radius 2 is 1.84 bits per heavy atom. The third-order valence-corrected chi connectivity index (χ3v) is 11.2. The highest BCUT2D eigenvalue weighted by molar-refractivity contribution is 6.74. The van der Waals surface area contributed by atoms with E-state index in [-0.39, 0.29) is 29.2 Å². The van der Waals surface area contributed by atoms with Crippen LogP contribution >= 0.6 is 0 Å². The monoisotopic (exact) mass is 455 g/mol. The summed E-state index contributed by atoms with van der Waals surface area (Å²) in [7, 11) is -2.17. The third-order valence-electron chi connectivity index (χ3n) is 6.74. The van der Waals surface area contributed by atoms with Crippen LogP contribution < -0.4 is 4.91 Å². The fraction of sp³-hybridized carbons (Fsp3) is 0.955. The molecular formula is C22H43N4O4Si+. The zero-order valence-electron chi connectivity index (χ0n) is 21.1. The predicted molar refractivity (Wildman–Crippen MR) is 122 cm³/mol. The summed E-state index contributed by atoms with van der Waals surface area (Å²) in [6.07, 6.45) is 1.58. The molecule has 1 aliphatic carbocycles. The zero-order chi connectivity index (χ0) is 23.8. The molecule has 0 spiro atoms. The van der Waals surface area contributed by atoms with Crippen molar-refractivity contribution < 1.29 is 18.7 Å². The maximum absolute atomic E-state index is 13.3. The van der Waals surface area contributed by atoms with Gasteiger partial charge in [-0.2, -0.15) is 0 Å². The molecule has 1 amide bonds. The lowest BCUT2D eigenvalue weighted by atomic mass is 9.91. The van der Waals surface area contributed by atoms with Gasteiger partial charge in [-0.25, -0.2) is 4.79 Å². The lowest BCUT2D eigenvalue weighted by Crippen LogP contribution is -2.58. The third kappa shape index (κ3) is 6.37. The molecule has 0 bridgehead atoms. The summed E-state index contributed by atoms with van der Waals surface area (Å²) in [5.41, 5.74) is 5.77. The second-order valence-electron chi connectivity index (χ2n) is 11.9. The molecule has 8 nitrogen and oxygen atoms in total. The number of nitrogens with one attached hydrogen (secondary N) is 1. The lowest BCUT2D eigenvalue weighted by Gasteiger charge is -2.45. The fourth-order valence-corrected chi connectivity index (χ4v) is 5.26. The van der Waals surface area contributed by atoms with Crippen LogP contribution in [-0.4, -0.2) is 55.9 Å². The largest absolute Gasteiger partial charge is 0.444 e. The van der Waals surface area contributed by atoms with Gasteiger partial charge < -0.3 is 13.9 Å². The first-order valence-corrected chi connectivity index (χ1v) is 14.3. The number of amides is 1. The van der Waals surface area contributed by atoms with E-state index in [0.29, 0.717) is 19.1 Å². The molecule has 9 heteroatoms. The molecule has 1 saturated carbocycles. The van der Waals surface area contributed by atoms with E-state index in [1.165, 1.54) is 0 Å². The highest BCUT2D eigenvalue weighted by Crippen LogP contribution is 2.46. The van der Waals surface area contributed by atoms with E-state index >= 15 is 0 Å². The van der Waals surface area contributed by atoms with Crippen molar-refractivity contribution >= 4 is 14.4 Å². The van der Waals surface area contributed by atoms with E-state index in [9.17, 15) is 4.79 Å². The van der Waals surface area contributed by atoms with Gasteiger partial charge in [-0.15, -0.1) is 0 Å². The molecule has 2 fully saturated rings. The molecule has 31 heavy (non-hydrogen) atoms. The quantitative estimate of drug-likeness (QED) is 0.319. The van der Waals surface area contributed by atoms with Crippen molar-refractivity contribution in [2.75, 3.05) is 13.2 Å². The van der Waals surface area contributed by atoms with Gasteiger partial charge in [-0.3, -0.25) is 4.90 Å². The van der Waals surface area contributed by atoms with Crippen molar-refractivity contribution in [3.63, 3.8) is 0 Å². The standard InChI is InChI=1S/C22H43N4O4Si/c1-20(2,3)29-19(27)26-17(14-28-22(26,7)8)18(30-31(9,10)21(4,5)6)16(13-24-25-23)15-11-12-15/h15-18,23H,11-14H2,1-10H3/q+1/t16-,17-,18-/m1/s1. The van der Waals surface area contributed by atoms with Crippen LogP contribution in [0.15, 0.2) is 5.11 Å². The number of carbonyl (C=O) groups excluding carboxylic acids is 1. The van der Waals surface area contributed by atoms with Gasteiger partial charge in [0.1, 0.15) is 28.5 Å². The molecule has 178 valence electrons. The van der Waals surface area contributed by atoms with Crippen LogP contribution in [0.2, 0.25) is 18.1 Å². The Morgan fingerprint density at radius 1 is 1.26 bits per heavy atom. The maximum atomic E-state index is 13.3. The summed E-state index contributed by atoms with van der Waals surface area (Å²) < 4.78 is 18.9. The number of hydrogen-bond acceptors (Lipinski definition) is 6. The molecule has 2 rings (SSSR count).